The zero-order chi connectivity index (χ0) is 24.5. The molecule has 0 saturated heterocycles. The van der Waals surface area contributed by atoms with Crippen LogP contribution in [0.2, 0.25) is 10.0 Å². The Bertz CT molecular complexity index is 1050. The quantitative estimate of drug-likeness (QED) is 0.324. The molecule has 0 heterocycles. The lowest BCUT2D eigenvalue weighted by atomic mass is 10.2. The van der Waals surface area contributed by atoms with Crippen molar-refractivity contribution in [3.8, 4) is 23.0 Å². The molecular weight excluding hydrogens is 473 g/mol. The predicted molar refractivity (Wildman–Crippen MR) is 126 cm³/mol. The van der Waals surface area contributed by atoms with Gasteiger partial charge in [0.25, 0.3) is 5.91 Å². The minimum Gasteiger partial charge on any atom is -0.493 e. The fourth-order valence-corrected chi connectivity index (χ4v) is 3.33. The Kier molecular flexibility index (Phi) is 9.74. The fourth-order valence-electron chi connectivity index (χ4n) is 2.79. The molecule has 1 atom stereocenters. The normalized spacial score (nSPS) is 11.7. The van der Waals surface area contributed by atoms with Gasteiger partial charge in [-0.15, -0.1) is 0 Å². The summed E-state index contributed by atoms with van der Waals surface area (Å²) in [5, 5.41) is 10.9. The molecule has 0 aliphatic carbocycles. The van der Waals surface area contributed by atoms with Crippen molar-refractivity contribution in [2.24, 2.45) is 10.2 Å². The number of ketones is 1. The number of hydrogen-bond donors (Lipinski definition) is 1. The highest BCUT2D eigenvalue weighted by molar-refractivity contribution is 6.34. The van der Waals surface area contributed by atoms with Crippen LogP contribution in [-0.2, 0) is 9.59 Å². The van der Waals surface area contributed by atoms with E-state index in [4.69, 9.17) is 42.1 Å². The Hall–Kier alpha value is -3.04. The first-order chi connectivity index (χ1) is 15.8. The van der Waals surface area contributed by atoms with Crippen LogP contribution in [-0.4, -0.2) is 45.2 Å². The molecule has 0 fully saturated rings. The number of azo groups is 1. The maximum absolute atomic E-state index is 12.8. The number of amides is 1. The molecule has 9 nitrogen and oxygen atoms in total. The van der Waals surface area contributed by atoms with E-state index in [1.807, 2.05) is 6.92 Å². The molecule has 33 heavy (non-hydrogen) atoms. The molecule has 1 unspecified atom stereocenters. The number of benzene rings is 2. The third kappa shape index (κ3) is 6.49. The molecule has 0 aliphatic rings. The smallest absolute Gasteiger partial charge is 0.258 e. The molecule has 2 aromatic rings. The van der Waals surface area contributed by atoms with Gasteiger partial charge >= 0.3 is 0 Å². The minimum atomic E-state index is -1.42. The van der Waals surface area contributed by atoms with E-state index in [9.17, 15) is 9.59 Å². The van der Waals surface area contributed by atoms with Crippen LogP contribution < -0.4 is 24.3 Å². The highest BCUT2D eigenvalue weighted by Crippen LogP contribution is 2.42. The zero-order valence-electron chi connectivity index (χ0n) is 18.9. The van der Waals surface area contributed by atoms with E-state index in [0.717, 1.165) is 0 Å². The van der Waals surface area contributed by atoms with Gasteiger partial charge in [-0.1, -0.05) is 23.2 Å². The lowest BCUT2D eigenvalue weighted by Crippen LogP contribution is -2.31. The molecule has 0 aromatic heterocycles. The molecule has 1 amide bonds. The van der Waals surface area contributed by atoms with E-state index in [1.165, 1.54) is 33.3 Å². The second-order valence-corrected chi connectivity index (χ2v) is 7.29. The lowest BCUT2D eigenvalue weighted by Gasteiger charge is -2.14. The second-order valence-electron chi connectivity index (χ2n) is 6.50. The summed E-state index contributed by atoms with van der Waals surface area (Å²) in [6.45, 7) is 5.64. The van der Waals surface area contributed by atoms with E-state index in [1.54, 1.807) is 19.1 Å². The first-order valence-electron chi connectivity index (χ1n) is 9.99. The fraction of sp³-hybridized carbons (Fsp3) is 0.364. The number of rotatable bonds is 11. The molecule has 178 valence electrons. The standard InChI is InChI=1S/C22H25Cl2N3O6/c1-6-32-16-9-8-15(18(24)21(16)33-7-2)26-27-19(12(3)28)22(29)25-13-10-14(23)20(31-5)17(11-13)30-4/h8-11,19H,6-7H2,1-5H3,(H,25,29). The van der Waals surface area contributed by atoms with Crippen molar-refractivity contribution < 1.29 is 28.5 Å². The van der Waals surface area contributed by atoms with E-state index in [2.05, 4.69) is 15.5 Å². The molecule has 0 bridgehead atoms. The first-order valence-corrected chi connectivity index (χ1v) is 10.7. The van der Waals surface area contributed by atoms with Crippen molar-refractivity contribution in [2.75, 3.05) is 32.8 Å². The van der Waals surface area contributed by atoms with Crippen molar-refractivity contribution in [3.63, 3.8) is 0 Å². The van der Waals surface area contributed by atoms with Gasteiger partial charge in [-0.25, -0.2) is 0 Å². The van der Waals surface area contributed by atoms with E-state index < -0.39 is 17.7 Å². The van der Waals surface area contributed by atoms with Gasteiger partial charge in [0.2, 0.25) is 6.04 Å². The van der Waals surface area contributed by atoms with Crippen molar-refractivity contribution in [3.05, 3.63) is 34.3 Å². The van der Waals surface area contributed by atoms with Crippen LogP contribution in [0.15, 0.2) is 34.5 Å². The maximum atomic E-state index is 12.8. The Balaban J connectivity index is 2.31. The number of nitrogens with zero attached hydrogens (tertiary/aromatic N) is 2. The van der Waals surface area contributed by atoms with E-state index in [-0.39, 0.29) is 15.7 Å². The SMILES string of the molecule is CCOc1ccc(N=NC(C(C)=O)C(=O)Nc2cc(Cl)c(OC)c(OC)c2)c(Cl)c1OCC. The van der Waals surface area contributed by atoms with Gasteiger partial charge in [0.05, 0.1) is 32.5 Å². The number of Topliss-reactive ketones (excluding diaryl/α,β-unsaturated/α-hetero) is 1. The predicted octanol–water partition coefficient (Wildman–Crippen LogP) is 5.49. The lowest BCUT2D eigenvalue weighted by molar-refractivity contribution is -0.126. The van der Waals surface area contributed by atoms with Crippen molar-refractivity contribution in [1.82, 2.24) is 0 Å². The Morgan fingerprint density at radius 1 is 1.00 bits per heavy atom. The van der Waals surface area contributed by atoms with Crippen molar-refractivity contribution in [2.45, 2.75) is 26.8 Å². The first kappa shape index (κ1) is 26.2. The number of ether oxygens (including phenoxy) is 4. The molecular formula is C22H25Cl2N3O6. The number of carbonyl (C=O) groups is 2. The average Bonchev–Trinajstić information content (AvgIpc) is 2.77. The summed E-state index contributed by atoms with van der Waals surface area (Å²) in [6.07, 6.45) is 0. The van der Waals surface area contributed by atoms with Gasteiger partial charge in [0, 0.05) is 11.8 Å². The summed E-state index contributed by atoms with van der Waals surface area (Å²) < 4.78 is 21.5. The third-order valence-electron chi connectivity index (χ3n) is 4.24. The maximum Gasteiger partial charge on any atom is 0.258 e. The van der Waals surface area contributed by atoms with Crippen LogP contribution in [0.5, 0.6) is 23.0 Å². The number of hydrogen-bond acceptors (Lipinski definition) is 8. The Morgan fingerprint density at radius 2 is 1.70 bits per heavy atom. The Morgan fingerprint density at radius 3 is 2.27 bits per heavy atom. The molecule has 2 rings (SSSR count). The molecule has 2 aromatic carbocycles. The van der Waals surface area contributed by atoms with Crippen LogP contribution in [0.3, 0.4) is 0 Å². The summed E-state index contributed by atoms with van der Waals surface area (Å²) >= 11 is 12.6. The van der Waals surface area contributed by atoms with Crippen LogP contribution in [0.4, 0.5) is 11.4 Å². The van der Waals surface area contributed by atoms with Gasteiger partial charge in [-0.05, 0) is 39.0 Å². The van der Waals surface area contributed by atoms with Gasteiger partial charge in [0.15, 0.2) is 28.8 Å². The van der Waals surface area contributed by atoms with Crippen LogP contribution in [0, 0.1) is 0 Å². The van der Waals surface area contributed by atoms with Gasteiger partial charge in [0.1, 0.15) is 10.7 Å². The molecule has 0 saturated carbocycles. The number of methoxy groups -OCH3 is 2. The van der Waals surface area contributed by atoms with Crippen molar-refractivity contribution >= 4 is 46.3 Å². The summed E-state index contributed by atoms with van der Waals surface area (Å²) in [4.78, 5) is 24.9. The number of nitrogens with one attached hydrogen (secondary N) is 1. The highest BCUT2D eigenvalue weighted by atomic mass is 35.5. The third-order valence-corrected chi connectivity index (χ3v) is 4.89. The second kappa shape index (κ2) is 12.3. The zero-order valence-corrected chi connectivity index (χ0v) is 20.4. The Labute approximate surface area is 202 Å². The summed E-state index contributed by atoms with van der Waals surface area (Å²) in [5.74, 6) is 0.161. The minimum absolute atomic E-state index is 0.154. The van der Waals surface area contributed by atoms with Gasteiger partial charge in [-0.3, -0.25) is 9.59 Å². The molecule has 11 heteroatoms. The van der Waals surface area contributed by atoms with E-state index >= 15 is 0 Å². The summed E-state index contributed by atoms with van der Waals surface area (Å²) in [7, 11) is 2.88. The van der Waals surface area contributed by atoms with Crippen molar-refractivity contribution in [1.29, 1.82) is 0 Å². The van der Waals surface area contributed by atoms with E-state index in [0.29, 0.717) is 41.9 Å². The topological polar surface area (TPSA) is 108 Å². The van der Waals surface area contributed by atoms with Crippen LogP contribution in [0.25, 0.3) is 0 Å². The molecule has 0 radical (unpaired) electrons. The molecule has 0 spiro atoms. The van der Waals surface area contributed by atoms with Gasteiger partial charge < -0.3 is 24.3 Å². The largest absolute Gasteiger partial charge is 0.493 e. The number of carbonyl (C=O) groups excluding carboxylic acids is 2. The average molecular weight is 498 g/mol. The number of anilines is 1. The van der Waals surface area contributed by atoms with Crippen LogP contribution in [0.1, 0.15) is 20.8 Å². The molecule has 1 N–H and O–H groups in total. The van der Waals surface area contributed by atoms with Crippen LogP contribution >= 0.6 is 23.2 Å². The summed E-state index contributed by atoms with van der Waals surface area (Å²) in [6, 6.07) is 4.74. The molecule has 0 aliphatic heterocycles. The summed E-state index contributed by atoms with van der Waals surface area (Å²) in [5.41, 5.74) is 0.513. The monoisotopic (exact) mass is 497 g/mol. The number of halogens is 2. The highest BCUT2D eigenvalue weighted by Gasteiger charge is 2.25. The van der Waals surface area contributed by atoms with Gasteiger partial charge in [-0.2, -0.15) is 10.2 Å².